The van der Waals surface area contributed by atoms with E-state index in [2.05, 4.69) is 25.2 Å². The molecule has 0 saturated heterocycles. The van der Waals surface area contributed by atoms with Crippen molar-refractivity contribution in [3.63, 3.8) is 0 Å². The number of ether oxygens (including phenoxy) is 2. The Bertz CT molecular complexity index is 400. The minimum absolute atomic E-state index is 0.513. The van der Waals surface area contributed by atoms with Crippen molar-refractivity contribution in [3.8, 4) is 11.5 Å². The first-order valence-electron chi connectivity index (χ1n) is 7.31. The van der Waals surface area contributed by atoms with Crippen LogP contribution in [0.5, 0.6) is 11.5 Å². The van der Waals surface area contributed by atoms with Crippen molar-refractivity contribution in [1.29, 1.82) is 0 Å². The highest BCUT2D eigenvalue weighted by atomic mass is 16.5. The topological polar surface area (TPSA) is 30.5 Å². The van der Waals surface area contributed by atoms with Gasteiger partial charge in [-0.3, -0.25) is 0 Å². The van der Waals surface area contributed by atoms with Crippen molar-refractivity contribution in [1.82, 2.24) is 5.32 Å². The van der Waals surface area contributed by atoms with Gasteiger partial charge in [-0.2, -0.15) is 0 Å². The van der Waals surface area contributed by atoms with Gasteiger partial charge in [-0.1, -0.05) is 26.0 Å². The Kier molecular flexibility index (Phi) is 5.08. The summed E-state index contributed by atoms with van der Waals surface area (Å²) in [5.41, 5.74) is 1.19. The summed E-state index contributed by atoms with van der Waals surface area (Å²) in [5.74, 6) is 2.28. The van der Waals surface area contributed by atoms with E-state index in [0.29, 0.717) is 18.6 Å². The summed E-state index contributed by atoms with van der Waals surface area (Å²) < 4.78 is 11.6. The molecule has 1 N–H and O–H groups in total. The molecule has 0 atom stereocenters. The fraction of sp³-hybridized carbons (Fsp3) is 0.625. The zero-order valence-corrected chi connectivity index (χ0v) is 12.2. The van der Waals surface area contributed by atoms with E-state index in [9.17, 15) is 0 Å². The molecule has 0 bridgehead atoms. The monoisotopic (exact) mass is 263 g/mol. The Morgan fingerprint density at radius 1 is 1.26 bits per heavy atom. The standard InChI is InChI=1S/C16H25NO2/c1-4-18-15-7-5-6-13(10-17-14-8-9-14)16(15)19-11-12(2)3/h5-7,12,14,17H,4,8-11H2,1-3H3. The molecule has 1 saturated carbocycles. The van der Waals surface area contributed by atoms with Gasteiger partial charge >= 0.3 is 0 Å². The lowest BCUT2D eigenvalue weighted by Crippen LogP contribution is -2.17. The highest BCUT2D eigenvalue weighted by Gasteiger charge is 2.21. The highest BCUT2D eigenvalue weighted by Crippen LogP contribution is 2.32. The van der Waals surface area contributed by atoms with E-state index in [1.165, 1.54) is 18.4 Å². The molecular formula is C16H25NO2. The zero-order valence-electron chi connectivity index (χ0n) is 12.2. The lowest BCUT2D eigenvalue weighted by molar-refractivity contribution is 0.245. The fourth-order valence-corrected chi connectivity index (χ4v) is 1.93. The largest absolute Gasteiger partial charge is 0.490 e. The molecule has 3 heteroatoms. The van der Waals surface area contributed by atoms with E-state index in [0.717, 1.165) is 24.7 Å². The number of hydrogen-bond acceptors (Lipinski definition) is 3. The molecule has 0 radical (unpaired) electrons. The van der Waals surface area contributed by atoms with Crippen molar-refractivity contribution >= 4 is 0 Å². The van der Waals surface area contributed by atoms with Crippen LogP contribution in [0.3, 0.4) is 0 Å². The summed E-state index contributed by atoms with van der Waals surface area (Å²) in [4.78, 5) is 0. The first-order valence-corrected chi connectivity index (χ1v) is 7.31. The molecule has 0 aromatic heterocycles. The van der Waals surface area contributed by atoms with E-state index in [-0.39, 0.29) is 0 Å². The molecule has 0 amide bonds. The molecule has 0 aliphatic heterocycles. The van der Waals surface area contributed by atoms with Crippen LogP contribution in [0.15, 0.2) is 18.2 Å². The van der Waals surface area contributed by atoms with Crippen LogP contribution in [0, 0.1) is 5.92 Å². The second-order valence-corrected chi connectivity index (χ2v) is 5.54. The van der Waals surface area contributed by atoms with Gasteiger partial charge in [0, 0.05) is 18.2 Å². The van der Waals surface area contributed by atoms with E-state index < -0.39 is 0 Å². The molecule has 0 spiro atoms. The van der Waals surface area contributed by atoms with Crippen molar-refractivity contribution in [3.05, 3.63) is 23.8 Å². The van der Waals surface area contributed by atoms with E-state index >= 15 is 0 Å². The van der Waals surface area contributed by atoms with Crippen LogP contribution < -0.4 is 14.8 Å². The summed E-state index contributed by atoms with van der Waals surface area (Å²) in [6.45, 7) is 8.56. The van der Waals surface area contributed by atoms with Gasteiger partial charge in [0.25, 0.3) is 0 Å². The third-order valence-corrected chi connectivity index (χ3v) is 3.08. The SMILES string of the molecule is CCOc1cccc(CNC2CC2)c1OCC(C)C. The van der Waals surface area contributed by atoms with E-state index in [1.807, 2.05) is 19.1 Å². The molecule has 1 aliphatic rings. The number of nitrogens with one attached hydrogen (secondary N) is 1. The van der Waals surface area contributed by atoms with Crippen LogP contribution in [0.1, 0.15) is 39.2 Å². The maximum absolute atomic E-state index is 5.97. The zero-order chi connectivity index (χ0) is 13.7. The summed E-state index contributed by atoms with van der Waals surface area (Å²) in [7, 11) is 0. The molecule has 1 aromatic rings. The maximum Gasteiger partial charge on any atom is 0.165 e. The maximum atomic E-state index is 5.97. The molecule has 1 fully saturated rings. The van der Waals surface area contributed by atoms with Crippen LogP contribution in [-0.2, 0) is 6.54 Å². The van der Waals surface area contributed by atoms with Gasteiger partial charge in [-0.25, -0.2) is 0 Å². The van der Waals surface area contributed by atoms with Gasteiger partial charge in [0.15, 0.2) is 11.5 Å². The minimum atomic E-state index is 0.513. The Balaban J connectivity index is 2.10. The normalized spacial score (nSPS) is 14.7. The number of hydrogen-bond donors (Lipinski definition) is 1. The lowest BCUT2D eigenvalue weighted by Gasteiger charge is -2.17. The third-order valence-electron chi connectivity index (χ3n) is 3.08. The summed E-state index contributed by atoms with van der Waals surface area (Å²) in [5, 5.41) is 3.53. The molecule has 1 aromatic carbocycles. The second-order valence-electron chi connectivity index (χ2n) is 5.54. The predicted octanol–water partition coefficient (Wildman–Crippen LogP) is 3.37. The van der Waals surface area contributed by atoms with Gasteiger partial charge in [0.2, 0.25) is 0 Å². The predicted molar refractivity (Wildman–Crippen MR) is 77.8 cm³/mol. The smallest absolute Gasteiger partial charge is 0.165 e. The van der Waals surface area contributed by atoms with Crippen molar-refractivity contribution in [2.24, 2.45) is 5.92 Å². The van der Waals surface area contributed by atoms with Crippen LogP contribution >= 0.6 is 0 Å². The van der Waals surface area contributed by atoms with E-state index in [4.69, 9.17) is 9.47 Å². The molecule has 19 heavy (non-hydrogen) atoms. The first kappa shape index (κ1) is 14.2. The Labute approximate surface area is 116 Å². The van der Waals surface area contributed by atoms with Gasteiger partial charge in [-0.15, -0.1) is 0 Å². The van der Waals surface area contributed by atoms with Gasteiger partial charge in [0.1, 0.15) is 0 Å². The average Bonchev–Trinajstić information content (AvgIpc) is 3.19. The Hall–Kier alpha value is -1.22. The summed E-state index contributed by atoms with van der Waals surface area (Å²) in [6.07, 6.45) is 2.60. The molecule has 3 nitrogen and oxygen atoms in total. The summed E-state index contributed by atoms with van der Waals surface area (Å²) >= 11 is 0. The second kappa shape index (κ2) is 6.80. The number of rotatable bonds is 8. The van der Waals surface area contributed by atoms with E-state index in [1.54, 1.807) is 0 Å². The van der Waals surface area contributed by atoms with Crippen molar-refractivity contribution < 1.29 is 9.47 Å². The van der Waals surface area contributed by atoms with Crippen molar-refractivity contribution in [2.75, 3.05) is 13.2 Å². The molecule has 0 unspecified atom stereocenters. The number of para-hydroxylation sites is 1. The molecule has 1 aliphatic carbocycles. The Morgan fingerprint density at radius 3 is 2.68 bits per heavy atom. The van der Waals surface area contributed by atoms with Gasteiger partial charge < -0.3 is 14.8 Å². The minimum Gasteiger partial charge on any atom is -0.490 e. The average molecular weight is 263 g/mol. The lowest BCUT2D eigenvalue weighted by atomic mass is 10.1. The molecule has 0 heterocycles. The Morgan fingerprint density at radius 2 is 2.05 bits per heavy atom. The van der Waals surface area contributed by atoms with Crippen LogP contribution in [0.25, 0.3) is 0 Å². The van der Waals surface area contributed by atoms with Crippen LogP contribution in [0.2, 0.25) is 0 Å². The van der Waals surface area contributed by atoms with Crippen LogP contribution in [-0.4, -0.2) is 19.3 Å². The molecular weight excluding hydrogens is 238 g/mol. The fourth-order valence-electron chi connectivity index (χ4n) is 1.93. The van der Waals surface area contributed by atoms with Crippen LogP contribution in [0.4, 0.5) is 0 Å². The first-order chi connectivity index (χ1) is 9.20. The van der Waals surface area contributed by atoms with Gasteiger partial charge in [0.05, 0.1) is 13.2 Å². The quantitative estimate of drug-likeness (QED) is 0.780. The third kappa shape index (κ3) is 4.43. The summed E-state index contributed by atoms with van der Waals surface area (Å²) in [6, 6.07) is 6.85. The van der Waals surface area contributed by atoms with Gasteiger partial charge in [-0.05, 0) is 31.7 Å². The highest BCUT2D eigenvalue weighted by molar-refractivity contribution is 5.46. The molecule has 106 valence electrons. The van der Waals surface area contributed by atoms with Crippen molar-refractivity contribution in [2.45, 2.75) is 46.2 Å². The number of benzene rings is 1. The molecule has 2 rings (SSSR count).